The Morgan fingerprint density at radius 2 is 2.50 bits per heavy atom. The van der Waals surface area contributed by atoms with Gasteiger partial charge in [-0.3, -0.25) is 0 Å². The molecule has 12 heavy (non-hydrogen) atoms. The van der Waals surface area contributed by atoms with Gasteiger partial charge in [0.25, 0.3) is 0 Å². The fourth-order valence-corrected chi connectivity index (χ4v) is 1.50. The second-order valence-corrected chi connectivity index (χ2v) is 3.15. The largest absolute Gasteiger partial charge is 0.444 e. The first-order chi connectivity index (χ1) is 5.90. The van der Waals surface area contributed by atoms with Gasteiger partial charge in [-0.2, -0.15) is 0 Å². The van der Waals surface area contributed by atoms with Gasteiger partial charge in [-0.05, 0) is 6.42 Å². The molecule has 0 atom stereocenters. The second kappa shape index (κ2) is 3.27. The lowest BCUT2D eigenvalue weighted by Gasteiger charge is -2.08. The number of fused-ring (bicyclic) bond motifs is 1. The van der Waals surface area contributed by atoms with Crippen molar-refractivity contribution in [3.63, 3.8) is 0 Å². The summed E-state index contributed by atoms with van der Waals surface area (Å²) in [5.41, 5.74) is 1.16. The van der Waals surface area contributed by atoms with Crippen LogP contribution in [-0.4, -0.2) is 11.5 Å². The molecule has 1 aromatic heterocycles. The van der Waals surface area contributed by atoms with Crippen LogP contribution in [0.3, 0.4) is 0 Å². The molecule has 0 aliphatic carbocycles. The average molecular weight is 166 g/mol. The molecule has 1 aliphatic rings. The average Bonchev–Trinajstić information content (AvgIpc) is 2.47. The number of aromatic nitrogens is 1. The standard InChI is InChI=1S/C9H14N2O/c1-2-3-9-11-7-4-5-10-6-8(7)12-9/h10H,2-6H2,1H3. The van der Waals surface area contributed by atoms with Crippen molar-refractivity contribution in [3.05, 3.63) is 17.3 Å². The summed E-state index contributed by atoms with van der Waals surface area (Å²) in [4.78, 5) is 4.43. The van der Waals surface area contributed by atoms with E-state index in [1.807, 2.05) is 0 Å². The maximum absolute atomic E-state index is 5.57. The summed E-state index contributed by atoms with van der Waals surface area (Å²) in [6, 6.07) is 0. The zero-order valence-electron chi connectivity index (χ0n) is 7.39. The molecule has 0 saturated heterocycles. The predicted octanol–water partition coefficient (Wildman–Crippen LogP) is 1.27. The minimum atomic E-state index is 0.853. The Morgan fingerprint density at radius 3 is 3.25 bits per heavy atom. The topological polar surface area (TPSA) is 38.1 Å². The monoisotopic (exact) mass is 166 g/mol. The molecule has 1 aromatic rings. The first kappa shape index (κ1) is 7.80. The van der Waals surface area contributed by atoms with Crippen LogP contribution in [0, 0.1) is 0 Å². The number of aryl methyl sites for hydroxylation is 1. The highest BCUT2D eigenvalue weighted by atomic mass is 16.4. The van der Waals surface area contributed by atoms with E-state index in [4.69, 9.17) is 4.42 Å². The summed E-state index contributed by atoms with van der Waals surface area (Å²) in [6.45, 7) is 4.03. The van der Waals surface area contributed by atoms with Crippen LogP contribution in [0.25, 0.3) is 0 Å². The lowest BCUT2D eigenvalue weighted by Crippen LogP contribution is -2.22. The number of hydrogen-bond acceptors (Lipinski definition) is 3. The van der Waals surface area contributed by atoms with Crippen molar-refractivity contribution in [2.24, 2.45) is 0 Å². The van der Waals surface area contributed by atoms with E-state index < -0.39 is 0 Å². The van der Waals surface area contributed by atoms with Crippen molar-refractivity contribution >= 4 is 0 Å². The molecule has 0 saturated carbocycles. The van der Waals surface area contributed by atoms with E-state index in [0.717, 1.165) is 49.7 Å². The van der Waals surface area contributed by atoms with Gasteiger partial charge in [0, 0.05) is 19.4 Å². The summed E-state index contributed by atoms with van der Waals surface area (Å²) < 4.78 is 5.57. The number of nitrogens with zero attached hydrogens (tertiary/aromatic N) is 1. The van der Waals surface area contributed by atoms with E-state index in [-0.39, 0.29) is 0 Å². The van der Waals surface area contributed by atoms with Gasteiger partial charge in [0.2, 0.25) is 0 Å². The molecule has 0 spiro atoms. The summed E-state index contributed by atoms with van der Waals surface area (Å²) in [6.07, 6.45) is 3.09. The predicted molar refractivity (Wildman–Crippen MR) is 45.9 cm³/mol. The molecule has 0 radical (unpaired) electrons. The third-order valence-electron chi connectivity index (χ3n) is 2.11. The Bertz CT molecular complexity index is 244. The van der Waals surface area contributed by atoms with Gasteiger partial charge in [-0.25, -0.2) is 4.98 Å². The summed E-state index contributed by atoms with van der Waals surface area (Å²) in [7, 11) is 0. The minimum absolute atomic E-state index is 0.853. The van der Waals surface area contributed by atoms with Crippen LogP contribution in [-0.2, 0) is 19.4 Å². The quantitative estimate of drug-likeness (QED) is 0.719. The van der Waals surface area contributed by atoms with Gasteiger partial charge >= 0.3 is 0 Å². The molecule has 0 aromatic carbocycles. The van der Waals surface area contributed by atoms with Gasteiger partial charge in [-0.1, -0.05) is 6.92 Å². The smallest absolute Gasteiger partial charge is 0.194 e. The maximum atomic E-state index is 5.57. The lowest BCUT2D eigenvalue weighted by atomic mass is 10.2. The van der Waals surface area contributed by atoms with Crippen LogP contribution in [0.4, 0.5) is 0 Å². The highest BCUT2D eigenvalue weighted by molar-refractivity contribution is 5.13. The van der Waals surface area contributed by atoms with Crippen LogP contribution in [0.1, 0.15) is 30.7 Å². The van der Waals surface area contributed by atoms with Gasteiger partial charge in [-0.15, -0.1) is 0 Å². The van der Waals surface area contributed by atoms with Crippen LogP contribution in [0.15, 0.2) is 4.42 Å². The zero-order chi connectivity index (χ0) is 8.39. The van der Waals surface area contributed by atoms with Crippen molar-refractivity contribution < 1.29 is 4.42 Å². The Hall–Kier alpha value is -0.830. The van der Waals surface area contributed by atoms with Crippen molar-refractivity contribution in [2.45, 2.75) is 32.7 Å². The van der Waals surface area contributed by atoms with E-state index in [0.29, 0.717) is 0 Å². The van der Waals surface area contributed by atoms with Gasteiger partial charge < -0.3 is 9.73 Å². The first-order valence-corrected chi connectivity index (χ1v) is 4.58. The number of oxazole rings is 1. The molecule has 0 fully saturated rings. The normalized spacial score (nSPS) is 16.1. The highest BCUT2D eigenvalue weighted by Gasteiger charge is 2.15. The molecule has 0 bridgehead atoms. The number of hydrogen-bond donors (Lipinski definition) is 1. The number of rotatable bonds is 2. The molecule has 0 amide bonds. The van der Waals surface area contributed by atoms with Crippen LogP contribution >= 0.6 is 0 Å². The van der Waals surface area contributed by atoms with Crippen molar-refractivity contribution in [1.82, 2.24) is 10.3 Å². The molecule has 1 N–H and O–H groups in total. The van der Waals surface area contributed by atoms with Crippen molar-refractivity contribution in [1.29, 1.82) is 0 Å². The van der Waals surface area contributed by atoms with Gasteiger partial charge in [0.15, 0.2) is 5.89 Å². The van der Waals surface area contributed by atoms with Crippen LogP contribution in [0.2, 0.25) is 0 Å². The summed E-state index contributed by atoms with van der Waals surface area (Å²) >= 11 is 0. The van der Waals surface area contributed by atoms with Crippen molar-refractivity contribution in [2.75, 3.05) is 6.54 Å². The first-order valence-electron chi connectivity index (χ1n) is 4.58. The Morgan fingerprint density at radius 1 is 1.58 bits per heavy atom. The molecule has 2 heterocycles. The highest BCUT2D eigenvalue weighted by Crippen LogP contribution is 2.15. The molecule has 3 nitrogen and oxygen atoms in total. The molecule has 66 valence electrons. The summed E-state index contributed by atoms with van der Waals surface area (Å²) in [5.74, 6) is 1.95. The molecular weight excluding hydrogens is 152 g/mol. The van der Waals surface area contributed by atoms with E-state index >= 15 is 0 Å². The third kappa shape index (κ3) is 1.37. The fraction of sp³-hybridized carbons (Fsp3) is 0.667. The fourth-order valence-electron chi connectivity index (χ4n) is 1.50. The molecule has 2 rings (SSSR count). The van der Waals surface area contributed by atoms with E-state index in [1.165, 1.54) is 0 Å². The van der Waals surface area contributed by atoms with E-state index in [9.17, 15) is 0 Å². The van der Waals surface area contributed by atoms with E-state index in [2.05, 4.69) is 17.2 Å². The molecule has 0 unspecified atom stereocenters. The molecular formula is C9H14N2O. The van der Waals surface area contributed by atoms with Gasteiger partial charge in [0.05, 0.1) is 12.2 Å². The second-order valence-electron chi connectivity index (χ2n) is 3.15. The minimum Gasteiger partial charge on any atom is -0.444 e. The Labute approximate surface area is 72.2 Å². The Balaban J connectivity index is 2.20. The zero-order valence-corrected chi connectivity index (χ0v) is 7.39. The number of nitrogens with one attached hydrogen (secondary N) is 1. The van der Waals surface area contributed by atoms with Crippen LogP contribution < -0.4 is 5.32 Å². The van der Waals surface area contributed by atoms with Crippen LogP contribution in [0.5, 0.6) is 0 Å². The maximum Gasteiger partial charge on any atom is 0.194 e. The molecule has 1 aliphatic heterocycles. The van der Waals surface area contributed by atoms with Gasteiger partial charge in [0.1, 0.15) is 5.76 Å². The summed E-state index contributed by atoms with van der Waals surface area (Å²) in [5, 5.41) is 3.26. The van der Waals surface area contributed by atoms with Crippen molar-refractivity contribution in [3.8, 4) is 0 Å². The Kier molecular flexibility index (Phi) is 2.13. The lowest BCUT2D eigenvalue weighted by molar-refractivity contribution is 0.427. The SMILES string of the molecule is CCCc1nc2c(o1)CNCC2. The molecule has 3 heteroatoms. The third-order valence-corrected chi connectivity index (χ3v) is 2.11. The van der Waals surface area contributed by atoms with E-state index in [1.54, 1.807) is 0 Å².